The van der Waals surface area contributed by atoms with Gasteiger partial charge < -0.3 is 9.47 Å². The van der Waals surface area contributed by atoms with Gasteiger partial charge in [0.15, 0.2) is 11.5 Å². The Morgan fingerprint density at radius 2 is 1.91 bits per heavy atom. The zero-order valence-corrected chi connectivity index (χ0v) is 20.9. The number of nitrogens with one attached hydrogen (secondary N) is 1. The second kappa shape index (κ2) is 12.1. The fourth-order valence-corrected chi connectivity index (χ4v) is 4.12. The highest BCUT2D eigenvalue weighted by molar-refractivity contribution is 14.1. The number of amides is 1. The highest BCUT2D eigenvalue weighted by atomic mass is 127. The molecule has 0 saturated heterocycles. The number of methoxy groups -OCH3 is 1. The molecule has 0 bridgehead atoms. The molecule has 3 aromatic carbocycles. The summed E-state index contributed by atoms with van der Waals surface area (Å²) in [6.45, 7) is 0.271. The second-order valence-electron chi connectivity index (χ2n) is 6.84. The van der Waals surface area contributed by atoms with Crippen molar-refractivity contribution in [2.75, 3.05) is 7.11 Å². The van der Waals surface area contributed by atoms with E-state index in [1.54, 1.807) is 31.5 Å². The number of rotatable bonds is 9. The third kappa shape index (κ3) is 7.12. The molecule has 0 saturated carbocycles. The molecule has 0 atom stereocenters. The molecule has 0 aromatic heterocycles. The minimum atomic E-state index is -0.147. The lowest BCUT2D eigenvalue weighted by Crippen LogP contribution is -2.17. The Morgan fingerprint density at radius 1 is 1.12 bits per heavy atom. The summed E-state index contributed by atoms with van der Waals surface area (Å²) in [5, 5.41) is 5.17. The minimum absolute atomic E-state index is 0.147. The first kappa shape index (κ1) is 24.4. The molecule has 1 N–H and O–H groups in total. The number of nitrogens with zero attached hydrogens (tertiary/aromatic N) is 1. The summed E-state index contributed by atoms with van der Waals surface area (Å²) in [7, 11) is 1.57. The van der Waals surface area contributed by atoms with E-state index in [1.807, 2.05) is 42.5 Å². The van der Waals surface area contributed by atoms with E-state index in [2.05, 4.69) is 33.1 Å². The molecular formula is C24H21Cl2IN2O3. The molecule has 0 aliphatic rings. The Bertz CT molecular complexity index is 1110. The molecule has 0 spiro atoms. The summed E-state index contributed by atoms with van der Waals surface area (Å²) in [4.78, 5) is 12.0. The van der Waals surface area contributed by atoms with Crippen molar-refractivity contribution in [3.63, 3.8) is 0 Å². The van der Waals surface area contributed by atoms with Crippen LogP contribution in [0.5, 0.6) is 11.5 Å². The van der Waals surface area contributed by atoms with Crippen molar-refractivity contribution >= 4 is 57.9 Å². The van der Waals surface area contributed by atoms with Crippen LogP contribution in [0.15, 0.2) is 65.8 Å². The van der Waals surface area contributed by atoms with E-state index in [1.165, 1.54) is 0 Å². The highest BCUT2D eigenvalue weighted by Gasteiger charge is 2.13. The molecule has 5 nitrogen and oxygen atoms in total. The van der Waals surface area contributed by atoms with E-state index >= 15 is 0 Å². The lowest BCUT2D eigenvalue weighted by Gasteiger charge is -2.14. The zero-order chi connectivity index (χ0) is 22.9. The van der Waals surface area contributed by atoms with Crippen LogP contribution in [0.25, 0.3) is 0 Å². The van der Waals surface area contributed by atoms with Crippen LogP contribution in [0.3, 0.4) is 0 Å². The summed E-state index contributed by atoms with van der Waals surface area (Å²) in [5.74, 6) is 1.01. The molecule has 0 unspecified atom stereocenters. The van der Waals surface area contributed by atoms with Gasteiger partial charge >= 0.3 is 0 Å². The van der Waals surface area contributed by atoms with Crippen molar-refractivity contribution in [2.45, 2.75) is 19.4 Å². The predicted molar refractivity (Wildman–Crippen MR) is 137 cm³/mol. The van der Waals surface area contributed by atoms with E-state index in [0.29, 0.717) is 34.4 Å². The number of hydrogen-bond donors (Lipinski definition) is 1. The Morgan fingerprint density at radius 3 is 2.62 bits per heavy atom. The predicted octanol–water partition coefficient (Wildman–Crippen LogP) is 6.27. The third-order valence-electron chi connectivity index (χ3n) is 4.53. The van der Waals surface area contributed by atoms with Crippen LogP contribution in [-0.4, -0.2) is 19.2 Å². The third-order valence-corrected chi connectivity index (χ3v) is 5.91. The lowest BCUT2D eigenvalue weighted by molar-refractivity contribution is -0.121. The van der Waals surface area contributed by atoms with Crippen LogP contribution in [0, 0.1) is 3.57 Å². The first-order valence-electron chi connectivity index (χ1n) is 9.76. The monoisotopic (exact) mass is 582 g/mol. The number of carbonyl (C=O) groups is 1. The summed E-state index contributed by atoms with van der Waals surface area (Å²) in [6.07, 6.45) is 2.60. The quantitative estimate of drug-likeness (QED) is 0.184. The molecule has 3 aromatic rings. The van der Waals surface area contributed by atoms with Crippen molar-refractivity contribution in [3.05, 3.63) is 91.0 Å². The zero-order valence-electron chi connectivity index (χ0n) is 17.3. The SMILES string of the molecule is COc1cc(/C=N\NC(=O)CCc2ccccc2)cc(I)c1OCc1ccc(Cl)cc1Cl. The van der Waals surface area contributed by atoms with Crippen molar-refractivity contribution in [1.29, 1.82) is 0 Å². The molecular weight excluding hydrogens is 562 g/mol. The molecule has 1 amide bonds. The molecule has 0 aliphatic carbocycles. The minimum Gasteiger partial charge on any atom is -0.493 e. The summed E-state index contributed by atoms with van der Waals surface area (Å²) in [6, 6.07) is 18.8. The standard InChI is InChI=1S/C24H21Cl2IN2O3/c1-31-22-12-17(14-28-29-23(30)10-7-16-5-3-2-4-6-16)11-21(27)24(22)32-15-18-8-9-19(25)13-20(18)26/h2-6,8-9,11-14H,7,10,15H2,1H3,(H,29,30)/b28-14-. The number of halogens is 3. The fraction of sp³-hybridized carbons (Fsp3) is 0.167. The first-order chi connectivity index (χ1) is 15.5. The average molecular weight is 583 g/mol. The summed E-state index contributed by atoms with van der Waals surface area (Å²) < 4.78 is 12.3. The number of aryl methyl sites for hydroxylation is 1. The van der Waals surface area contributed by atoms with Crippen LogP contribution in [-0.2, 0) is 17.8 Å². The average Bonchev–Trinajstić information content (AvgIpc) is 2.78. The maximum atomic E-state index is 12.0. The van der Waals surface area contributed by atoms with E-state index < -0.39 is 0 Å². The van der Waals surface area contributed by atoms with Crippen LogP contribution >= 0.6 is 45.8 Å². The van der Waals surface area contributed by atoms with Crippen LogP contribution in [0.4, 0.5) is 0 Å². The lowest BCUT2D eigenvalue weighted by atomic mass is 10.1. The van der Waals surface area contributed by atoms with Gasteiger partial charge in [0, 0.05) is 22.0 Å². The van der Waals surface area contributed by atoms with Gasteiger partial charge in [0.05, 0.1) is 16.9 Å². The van der Waals surface area contributed by atoms with E-state index in [9.17, 15) is 4.79 Å². The van der Waals surface area contributed by atoms with E-state index in [-0.39, 0.29) is 12.5 Å². The van der Waals surface area contributed by atoms with Gasteiger partial charge in [-0.25, -0.2) is 5.43 Å². The maximum absolute atomic E-state index is 12.0. The van der Waals surface area contributed by atoms with E-state index in [0.717, 1.165) is 20.3 Å². The second-order valence-corrected chi connectivity index (χ2v) is 8.84. The van der Waals surface area contributed by atoms with Crippen LogP contribution in [0.1, 0.15) is 23.1 Å². The molecule has 0 aliphatic heterocycles. The van der Waals surface area contributed by atoms with Gasteiger partial charge in [0.2, 0.25) is 5.91 Å². The molecule has 0 fully saturated rings. The fourth-order valence-electron chi connectivity index (χ4n) is 2.88. The molecule has 32 heavy (non-hydrogen) atoms. The van der Waals surface area contributed by atoms with E-state index in [4.69, 9.17) is 32.7 Å². The molecule has 8 heteroatoms. The normalized spacial score (nSPS) is 10.9. The number of benzene rings is 3. The van der Waals surface area contributed by atoms with Gasteiger partial charge in [-0.3, -0.25) is 4.79 Å². The van der Waals surface area contributed by atoms with Crippen LogP contribution < -0.4 is 14.9 Å². The Kier molecular flexibility index (Phi) is 9.20. The molecule has 0 radical (unpaired) electrons. The summed E-state index contributed by atoms with van der Waals surface area (Å²) >= 11 is 14.3. The smallest absolute Gasteiger partial charge is 0.240 e. The Balaban J connectivity index is 1.60. The summed E-state index contributed by atoms with van der Waals surface area (Å²) in [5.41, 5.74) is 5.26. The highest BCUT2D eigenvalue weighted by Crippen LogP contribution is 2.34. The Hall–Kier alpha value is -2.29. The Labute approximate surface area is 210 Å². The largest absolute Gasteiger partial charge is 0.493 e. The van der Waals surface area contributed by atoms with Gasteiger partial charge in [-0.15, -0.1) is 0 Å². The van der Waals surface area contributed by atoms with Gasteiger partial charge in [-0.05, 0) is 64.4 Å². The molecule has 0 heterocycles. The van der Waals surface area contributed by atoms with Crippen LogP contribution in [0.2, 0.25) is 10.0 Å². The number of carbonyl (C=O) groups excluding carboxylic acids is 1. The van der Waals surface area contributed by atoms with Crippen molar-refractivity contribution in [2.24, 2.45) is 5.10 Å². The van der Waals surface area contributed by atoms with Crippen molar-refractivity contribution in [1.82, 2.24) is 5.43 Å². The molecule has 166 valence electrons. The van der Waals surface area contributed by atoms with Gasteiger partial charge in [-0.1, -0.05) is 59.6 Å². The number of hydrogen-bond acceptors (Lipinski definition) is 4. The maximum Gasteiger partial charge on any atom is 0.240 e. The van der Waals surface area contributed by atoms with Crippen molar-refractivity contribution in [3.8, 4) is 11.5 Å². The number of ether oxygens (including phenoxy) is 2. The van der Waals surface area contributed by atoms with Gasteiger partial charge in [0.25, 0.3) is 0 Å². The van der Waals surface area contributed by atoms with Crippen molar-refractivity contribution < 1.29 is 14.3 Å². The first-order valence-corrected chi connectivity index (χ1v) is 11.6. The topological polar surface area (TPSA) is 59.9 Å². The number of hydrazone groups is 1. The van der Waals surface area contributed by atoms with Gasteiger partial charge in [0.1, 0.15) is 6.61 Å². The van der Waals surface area contributed by atoms with Gasteiger partial charge in [-0.2, -0.15) is 5.10 Å². The molecule has 3 rings (SSSR count).